The van der Waals surface area contributed by atoms with E-state index in [0.717, 1.165) is 22.2 Å². The fourth-order valence-electron chi connectivity index (χ4n) is 1.97. The van der Waals surface area contributed by atoms with Crippen LogP contribution in [0.25, 0.3) is 5.69 Å². The third-order valence-electron chi connectivity index (χ3n) is 3.18. The van der Waals surface area contributed by atoms with Gasteiger partial charge in [0.15, 0.2) is 11.0 Å². The van der Waals surface area contributed by atoms with Crippen LogP contribution in [-0.2, 0) is 11.3 Å². The molecule has 1 N–H and O–H groups in total. The summed E-state index contributed by atoms with van der Waals surface area (Å²) in [4.78, 5) is 11.7. The molecule has 1 aromatic heterocycles. The third kappa shape index (κ3) is 3.44. The van der Waals surface area contributed by atoms with Crippen LogP contribution >= 0.6 is 11.8 Å². The molecule has 6 heteroatoms. The summed E-state index contributed by atoms with van der Waals surface area (Å²) >= 11 is 1.54. The van der Waals surface area contributed by atoms with E-state index in [1.54, 1.807) is 0 Å². The van der Waals surface area contributed by atoms with Crippen molar-refractivity contribution in [2.45, 2.75) is 32.5 Å². The number of nitrogens with one attached hydrogen (secondary N) is 1. The van der Waals surface area contributed by atoms with Gasteiger partial charge in [-0.2, -0.15) is 0 Å². The predicted octanol–water partition coefficient (Wildman–Crippen LogP) is 2.57. The summed E-state index contributed by atoms with van der Waals surface area (Å²) in [5, 5.41) is 12.1. The molecule has 5 nitrogen and oxygen atoms in total. The first kappa shape index (κ1) is 15.6. The molecule has 0 aliphatic carbocycles. The summed E-state index contributed by atoms with van der Waals surface area (Å²) in [6.45, 7) is 6.16. The van der Waals surface area contributed by atoms with E-state index in [2.05, 4.69) is 28.5 Å². The maximum absolute atomic E-state index is 11.7. The Kier molecular flexibility index (Phi) is 5.01. The second kappa shape index (κ2) is 6.76. The van der Waals surface area contributed by atoms with E-state index >= 15 is 0 Å². The molecule has 0 unspecified atom stereocenters. The Labute approximate surface area is 129 Å². The van der Waals surface area contributed by atoms with Gasteiger partial charge in [0.1, 0.15) is 0 Å². The van der Waals surface area contributed by atoms with Crippen molar-refractivity contribution >= 4 is 17.7 Å². The molecule has 1 aromatic carbocycles. The molecule has 0 atom stereocenters. The minimum absolute atomic E-state index is 0.0139. The van der Waals surface area contributed by atoms with Crippen molar-refractivity contribution in [3.05, 3.63) is 35.7 Å². The average Bonchev–Trinajstić information content (AvgIpc) is 2.87. The van der Waals surface area contributed by atoms with E-state index in [1.807, 2.05) is 42.9 Å². The van der Waals surface area contributed by atoms with Crippen LogP contribution in [0.3, 0.4) is 0 Å². The highest BCUT2D eigenvalue weighted by Crippen LogP contribution is 2.22. The molecule has 1 heterocycles. The van der Waals surface area contributed by atoms with Gasteiger partial charge in [0.25, 0.3) is 0 Å². The highest BCUT2D eigenvalue weighted by atomic mass is 32.2. The van der Waals surface area contributed by atoms with Crippen molar-refractivity contribution < 1.29 is 4.79 Å². The van der Waals surface area contributed by atoms with Crippen molar-refractivity contribution in [3.63, 3.8) is 0 Å². The van der Waals surface area contributed by atoms with Crippen LogP contribution in [-0.4, -0.2) is 26.9 Å². The van der Waals surface area contributed by atoms with Crippen LogP contribution in [0.5, 0.6) is 0 Å². The molecular weight excluding hydrogens is 284 g/mol. The predicted molar refractivity (Wildman–Crippen MR) is 84.6 cm³/mol. The average molecular weight is 304 g/mol. The number of hydrogen-bond donors (Lipinski definition) is 1. The van der Waals surface area contributed by atoms with Gasteiger partial charge in [-0.1, -0.05) is 43.8 Å². The van der Waals surface area contributed by atoms with Crippen LogP contribution < -0.4 is 5.32 Å². The molecule has 0 saturated carbocycles. The number of benzene rings is 1. The molecule has 112 valence electrons. The van der Waals surface area contributed by atoms with E-state index in [-0.39, 0.29) is 11.8 Å². The summed E-state index contributed by atoms with van der Waals surface area (Å²) in [6, 6.07) is 8.08. The normalized spacial score (nSPS) is 10.9. The summed E-state index contributed by atoms with van der Waals surface area (Å²) in [6.07, 6.45) is 1.97. The van der Waals surface area contributed by atoms with E-state index < -0.39 is 0 Å². The molecule has 21 heavy (non-hydrogen) atoms. The first-order valence-electron chi connectivity index (χ1n) is 6.86. The Hall–Kier alpha value is -1.82. The Bertz CT molecular complexity index is 636. The maximum Gasteiger partial charge on any atom is 0.222 e. The quantitative estimate of drug-likeness (QED) is 0.863. The molecule has 0 bridgehead atoms. The number of aryl methyl sites for hydroxylation is 1. The molecule has 0 aliphatic heterocycles. The Morgan fingerprint density at radius 3 is 2.67 bits per heavy atom. The van der Waals surface area contributed by atoms with Gasteiger partial charge in [-0.25, -0.2) is 0 Å². The van der Waals surface area contributed by atoms with Crippen LogP contribution in [0.4, 0.5) is 0 Å². The highest BCUT2D eigenvalue weighted by Gasteiger charge is 2.16. The molecule has 0 saturated heterocycles. The second-order valence-electron chi connectivity index (χ2n) is 5.10. The van der Waals surface area contributed by atoms with Crippen LogP contribution in [0, 0.1) is 12.8 Å². The second-order valence-corrected chi connectivity index (χ2v) is 5.87. The first-order valence-corrected chi connectivity index (χ1v) is 8.09. The summed E-state index contributed by atoms with van der Waals surface area (Å²) < 4.78 is 2.00. The smallest absolute Gasteiger partial charge is 0.222 e. The van der Waals surface area contributed by atoms with E-state index in [0.29, 0.717) is 6.54 Å². The van der Waals surface area contributed by atoms with Crippen LogP contribution in [0.1, 0.15) is 25.2 Å². The van der Waals surface area contributed by atoms with Crippen molar-refractivity contribution in [1.29, 1.82) is 0 Å². The standard InChI is InChI=1S/C15H20N4OS/c1-10(2)14(20)16-9-13-17-18-15(21-4)19(13)12-8-6-5-7-11(12)3/h5-8,10H,9H2,1-4H3,(H,16,20). The lowest BCUT2D eigenvalue weighted by atomic mass is 10.2. The summed E-state index contributed by atoms with van der Waals surface area (Å²) in [5.41, 5.74) is 2.18. The lowest BCUT2D eigenvalue weighted by Crippen LogP contribution is -2.28. The topological polar surface area (TPSA) is 59.8 Å². The molecule has 0 aliphatic rings. The molecule has 2 aromatic rings. The van der Waals surface area contributed by atoms with Gasteiger partial charge in [-0.3, -0.25) is 9.36 Å². The van der Waals surface area contributed by atoms with Gasteiger partial charge in [0.05, 0.1) is 12.2 Å². The number of aromatic nitrogens is 3. The van der Waals surface area contributed by atoms with E-state index in [4.69, 9.17) is 0 Å². The number of hydrogen-bond acceptors (Lipinski definition) is 4. The van der Waals surface area contributed by atoms with Gasteiger partial charge in [0.2, 0.25) is 5.91 Å². The summed E-state index contributed by atoms with van der Waals surface area (Å²) in [7, 11) is 0. The van der Waals surface area contributed by atoms with E-state index in [9.17, 15) is 4.79 Å². The third-order valence-corrected chi connectivity index (χ3v) is 3.81. The van der Waals surface area contributed by atoms with Crippen LogP contribution in [0.2, 0.25) is 0 Å². The summed E-state index contributed by atoms with van der Waals surface area (Å²) in [5.74, 6) is 0.711. The highest BCUT2D eigenvalue weighted by molar-refractivity contribution is 7.98. The molecule has 0 spiro atoms. The zero-order chi connectivity index (χ0) is 15.4. The fraction of sp³-hybridized carbons (Fsp3) is 0.400. The van der Waals surface area contributed by atoms with Crippen molar-refractivity contribution in [2.24, 2.45) is 5.92 Å². The lowest BCUT2D eigenvalue weighted by Gasteiger charge is -2.13. The van der Waals surface area contributed by atoms with Gasteiger partial charge in [-0.05, 0) is 24.8 Å². The lowest BCUT2D eigenvalue weighted by molar-refractivity contribution is -0.124. The fourth-order valence-corrected chi connectivity index (χ4v) is 2.48. The van der Waals surface area contributed by atoms with Gasteiger partial charge < -0.3 is 5.32 Å². The number of thioether (sulfide) groups is 1. The zero-order valence-corrected chi connectivity index (χ0v) is 13.6. The van der Waals surface area contributed by atoms with Crippen molar-refractivity contribution in [3.8, 4) is 5.69 Å². The largest absolute Gasteiger partial charge is 0.349 e. The zero-order valence-electron chi connectivity index (χ0n) is 12.8. The van der Waals surface area contributed by atoms with Crippen LogP contribution in [0.15, 0.2) is 29.4 Å². The molecule has 1 amide bonds. The molecule has 0 fully saturated rings. The van der Waals surface area contributed by atoms with Gasteiger partial charge >= 0.3 is 0 Å². The minimum atomic E-state index is -0.0418. The number of para-hydroxylation sites is 1. The maximum atomic E-state index is 11.7. The Balaban J connectivity index is 2.34. The molecule has 0 radical (unpaired) electrons. The van der Waals surface area contributed by atoms with E-state index in [1.165, 1.54) is 11.8 Å². The van der Waals surface area contributed by atoms with Gasteiger partial charge in [-0.15, -0.1) is 10.2 Å². The first-order chi connectivity index (χ1) is 10.0. The SMILES string of the molecule is CSc1nnc(CNC(=O)C(C)C)n1-c1ccccc1C. The monoisotopic (exact) mass is 304 g/mol. The molecular formula is C15H20N4OS. The minimum Gasteiger partial charge on any atom is -0.349 e. The Morgan fingerprint density at radius 2 is 2.05 bits per heavy atom. The van der Waals surface area contributed by atoms with Crippen molar-refractivity contribution in [1.82, 2.24) is 20.1 Å². The van der Waals surface area contributed by atoms with Crippen molar-refractivity contribution in [2.75, 3.05) is 6.26 Å². The number of rotatable bonds is 5. The number of carbonyl (C=O) groups excluding carboxylic acids is 1. The number of nitrogens with zero attached hydrogens (tertiary/aromatic N) is 3. The molecule has 2 rings (SSSR count). The number of amides is 1. The number of carbonyl (C=O) groups is 1. The Morgan fingerprint density at radius 1 is 1.33 bits per heavy atom. The van der Waals surface area contributed by atoms with Gasteiger partial charge in [0, 0.05) is 5.92 Å².